The minimum atomic E-state index is -0.185. The Balaban J connectivity index is 2.46. The first-order valence-electron chi connectivity index (χ1n) is 7.02. The van der Waals surface area contributed by atoms with E-state index in [1.165, 1.54) is 5.56 Å². The van der Waals surface area contributed by atoms with Gasteiger partial charge in [0.05, 0.1) is 6.04 Å². The van der Waals surface area contributed by atoms with Gasteiger partial charge in [0, 0.05) is 11.7 Å². The molecule has 19 heavy (non-hydrogen) atoms. The highest BCUT2D eigenvalue weighted by Gasteiger charge is 2.15. The molecule has 0 radical (unpaired) electrons. The quantitative estimate of drug-likeness (QED) is 0.825. The number of hydrogen-bond acceptors (Lipinski definition) is 2. The number of hydrogen-bond donors (Lipinski definition) is 2. The fourth-order valence-electron chi connectivity index (χ4n) is 2.17. The van der Waals surface area contributed by atoms with Gasteiger partial charge in [0.1, 0.15) is 0 Å². The second kappa shape index (κ2) is 7.29. The van der Waals surface area contributed by atoms with E-state index in [-0.39, 0.29) is 11.9 Å². The fraction of sp³-hybridized carbons (Fsp3) is 0.562. The molecule has 0 aliphatic heterocycles. The second-order valence-corrected chi connectivity index (χ2v) is 5.77. The van der Waals surface area contributed by atoms with Gasteiger partial charge in [0.2, 0.25) is 5.91 Å². The molecule has 1 amide bonds. The summed E-state index contributed by atoms with van der Waals surface area (Å²) in [6, 6.07) is 8.01. The lowest BCUT2D eigenvalue weighted by Crippen LogP contribution is -2.43. The molecule has 0 aliphatic carbocycles. The zero-order valence-corrected chi connectivity index (χ0v) is 12.7. The third kappa shape index (κ3) is 5.88. The van der Waals surface area contributed by atoms with Gasteiger partial charge in [-0.15, -0.1) is 0 Å². The first-order valence-corrected chi connectivity index (χ1v) is 7.02. The number of rotatable bonds is 6. The summed E-state index contributed by atoms with van der Waals surface area (Å²) in [7, 11) is 0. The van der Waals surface area contributed by atoms with Crippen molar-refractivity contribution in [1.82, 2.24) is 5.32 Å². The molecule has 0 spiro atoms. The van der Waals surface area contributed by atoms with E-state index in [0.717, 1.165) is 12.1 Å². The largest absolute Gasteiger partial charge is 0.325 e. The monoisotopic (exact) mass is 262 g/mol. The van der Waals surface area contributed by atoms with Gasteiger partial charge in [-0.25, -0.2) is 0 Å². The van der Waals surface area contributed by atoms with E-state index in [1.807, 2.05) is 38.1 Å². The molecule has 106 valence electrons. The van der Waals surface area contributed by atoms with Crippen LogP contribution in [0.5, 0.6) is 0 Å². The number of benzene rings is 1. The van der Waals surface area contributed by atoms with Crippen molar-refractivity contribution in [3.8, 4) is 0 Å². The molecule has 0 bridgehead atoms. The van der Waals surface area contributed by atoms with Crippen LogP contribution < -0.4 is 10.6 Å². The summed E-state index contributed by atoms with van der Waals surface area (Å²) >= 11 is 0. The molecule has 2 unspecified atom stereocenters. The Morgan fingerprint density at radius 3 is 2.21 bits per heavy atom. The Morgan fingerprint density at radius 2 is 1.68 bits per heavy atom. The topological polar surface area (TPSA) is 41.1 Å². The highest BCUT2D eigenvalue weighted by molar-refractivity contribution is 5.94. The molecule has 0 heterocycles. The molecule has 1 aromatic rings. The first-order chi connectivity index (χ1) is 8.88. The highest BCUT2D eigenvalue weighted by Crippen LogP contribution is 2.09. The summed E-state index contributed by atoms with van der Waals surface area (Å²) in [5.41, 5.74) is 2.04. The Bertz CT molecular complexity index is 398. The zero-order valence-electron chi connectivity index (χ0n) is 12.7. The maximum atomic E-state index is 12.0. The zero-order chi connectivity index (χ0) is 14.4. The van der Waals surface area contributed by atoms with Gasteiger partial charge >= 0.3 is 0 Å². The van der Waals surface area contributed by atoms with Crippen LogP contribution >= 0.6 is 0 Å². The molecule has 2 N–H and O–H groups in total. The minimum Gasteiger partial charge on any atom is -0.325 e. The third-order valence-electron chi connectivity index (χ3n) is 3.07. The van der Waals surface area contributed by atoms with Gasteiger partial charge in [0.25, 0.3) is 0 Å². The smallest absolute Gasteiger partial charge is 0.241 e. The predicted molar refractivity (Wildman–Crippen MR) is 81.3 cm³/mol. The minimum absolute atomic E-state index is 0.0134. The van der Waals surface area contributed by atoms with Crippen molar-refractivity contribution in [3.05, 3.63) is 29.8 Å². The summed E-state index contributed by atoms with van der Waals surface area (Å²) < 4.78 is 0. The van der Waals surface area contributed by atoms with E-state index < -0.39 is 0 Å². The molecule has 0 fully saturated rings. The van der Waals surface area contributed by atoms with Crippen LogP contribution in [0.3, 0.4) is 0 Å². The van der Waals surface area contributed by atoms with Gasteiger partial charge < -0.3 is 10.6 Å². The second-order valence-electron chi connectivity index (χ2n) is 5.77. The molecule has 2 atom stereocenters. The van der Waals surface area contributed by atoms with E-state index in [9.17, 15) is 4.79 Å². The van der Waals surface area contributed by atoms with Crippen LogP contribution in [0.1, 0.15) is 39.7 Å². The van der Waals surface area contributed by atoms with Crippen LogP contribution in [0, 0.1) is 12.8 Å². The van der Waals surface area contributed by atoms with E-state index in [2.05, 4.69) is 31.4 Å². The maximum absolute atomic E-state index is 12.0. The number of carbonyl (C=O) groups excluding carboxylic acids is 1. The van der Waals surface area contributed by atoms with Crippen molar-refractivity contribution < 1.29 is 4.79 Å². The predicted octanol–water partition coefficient (Wildman–Crippen LogP) is 3.35. The summed E-state index contributed by atoms with van der Waals surface area (Å²) in [5, 5.41) is 6.26. The van der Waals surface area contributed by atoms with Gasteiger partial charge in [-0.05, 0) is 45.2 Å². The molecule has 0 saturated heterocycles. The van der Waals surface area contributed by atoms with Gasteiger partial charge in [-0.1, -0.05) is 31.5 Å². The van der Waals surface area contributed by atoms with E-state index in [1.54, 1.807) is 0 Å². The van der Waals surface area contributed by atoms with E-state index in [0.29, 0.717) is 12.0 Å². The van der Waals surface area contributed by atoms with Crippen LogP contribution in [-0.2, 0) is 4.79 Å². The standard InChI is InChI=1S/C16H26N2O/c1-11(2)10-13(4)17-14(5)16(19)18-15-8-6-12(3)7-9-15/h6-9,11,13-14,17H,10H2,1-5H3,(H,18,19). The molecule has 0 saturated carbocycles. The van der Waals surface area contributed by atoms with E-state index >= 15 is 0 Å². The van der Waals surface area contributed by atoms with Gasteiger partial charge in [-0.2, -0.15) is 0 Å². The van der Waals surface area contributed by atoms with E-state index in [4.69, 9.17) is 0 Å². The van der Waals surface area contributed by atoms with Crippen LogP contribution in [0.15, 0.2) is 24.3 Å². The average Bonchev–Trinajstić information content (AvgIpc) is 2.30. The summed E-state index contributed by atoms with van der Waals surface area (Å²) in [6.45, 7) is 10.4. The van der Waals surface area contributed by atoms with Gasteiger partial charge in [0.15, 0.2) is 0 Å². The van der Waals surface area contributed by atoms with Crippen molar-refractivity contribution >= 4 is 11.6 Å². The number of amides is 1. The Hall–Kier alpha value is -1.35. The molecule has 3 nitrogen and oxygen atoms in total. The molecular weight excluding hydrogens is 236 g/mol. The average molecular weight is 262 g/mol. The van der Waals surface area contributed by atoms with Crippen LogP contribution in [-0.4, -0.2) is 18.0 Å². The molecule has 1 rings (SSSR count). The Kier molecular flexibility index (Phi) is 6.03. The van der Waals surface area contributed by atoms with Crippen molar-refractivity contribution in [2.45, 2.75) is 53.1 Å². The molecule has 0 aliphatic rings. The van der Waals surface area contributed by atoms with Crippen molar-refractivity contribution in [3.63, 3.8) is 0 Å². The summed E-state index contributed by atoms with van der Waals surface area (Å²) in [5.74, 6) is 0.648. The lowest BCUT2D eigenvalue weighted by atomic mass is 10.0. The Morgan fingerprint density at radius 1 is 1.11 bits per heavy atom. The molecule has 0 aromatic heterocycles. The van der Waals surface area contributed by atoms with Crippen molar-refractivity contribution in [2.75, 3.05) is 5.32 Å². The van der Waals surface area contributed by atoms with Crippen molar-refractivity contribution in [1.29, 1.82) is 0 Å². The summed E-state index contributed by atoms with van der Waals surface area (Å²) in [4.78, 5) is 12.0. The van der Waals surface area contributed by atoms with Gasteiger partial charge in [-0.3, -0.25) is 4.79 Å². The number of anilines is 1. The first kappa shape index (κ1) is 15.7. The normalized spacial score (nSPS) is 14.2. The van der Waals surface area contributed by atoms with Crippen LogP contribution in [0.25, 0.3) is 0 Å². The van der Waals surface area contributed by atoms with Crippen LogP contribution in [0.4, 0.5) is 5.69 Å². The summed E-state index contributed by atoms with van der Waals surface area (Å²) in [6.07, 6.45) is 1.07. The lowest BCUT2D eigenvalue weighted by molar-refractivity contribution is -0.118. The Labute approximate surface area is 116 Å². The SMILES string of the molecule is Cc1ccc(NC(=O)C(C)NC(C)CC(C)C)cc1. The number of carbonyl (C=O) groups is 1. The maximum Gasteiger partial charge on any atom is 0.241 e. The lowest BCUT2D eigenvalue weighted by Gasteiger charge is -2.21. The number of aryl methyl sites for hydroxylation is 1. The molecule has 3 heteroatoms. The molecular formula is C16H26N2O. The highest BCUT2D eigenvalue weighted by atomic mass is 16.2. The third-order valence-corrected chi connectivity index (χ3v) is 3.07. The number of nitrogens with one attached hydrogen (secondary N) is 2. The molecule has 1 aromatic carbocycles. The van der Waals surface area contributed by atoms with Crippen LogP contribution in [0.2, 0.25) is 0 Å². The van der Waals surface area contributed by atoms with Crippen molar-refractivity contribution in [2.24, 2.45) is 5.92 Å². The fourth-order valence-corrected chi connectivity index (χ4v) is 2.17.